The summed E-state index contributed by atoms with van der Waals surface area (Å²) < 4.78 is 27.6. The van der Waals surface area contributed by atoms with Gasteiger partial charge in [0.1, 0.15) is 11.6 Å². The zero-order valence-corrected chi connectivity index (χ0v) is 20.8. The predicted molar refractivity (Wildman–Crippen MR) is 134 cm³/mol. The maximum absolute atomic E-state index is 13.1. The van der Waals surface area contributed by atoms with E-state index in [1.165, 1.54) is 4.31 Å². The van der Waals surface area contributed by atoms with Gasteiger partial charge in [0.25, 0.3) is 0 Å². The van der Waals surface area contributed by atoms with E-state index in [-0.39, 0.29) is 12.2 Å². The number of rotatable bonds is 11. The number of pyridine rings is 1. The smallest absolute Gasteiger partial charge is 0.233 e. The van der Waals surface area contributed by atoms with E-state index in [0.717, 1.165) is 16.3 Å². The first-order valence-corrected chi connectivity index (χ1v) is 13.9. The van der Waals surface area contributed by atoms with E-state index in [2.05, 4.69) is 19.9 Å². The molecule has 0 radical (unpaired) electrons. The summed E-state index contributed by atoms with van der Waals surface area (Å²) in [6.07, 6.45) is 6.75. The van der Waals surface area contributed by atoms with E-state index in [4.69, 9.17) is 0 Å². The molecule has 1 aliphatic heterocycles. The van der Waals surface area contributed by atoms with E-state index in [1.54, 1.807) is 29.8 Å². The standard InChI is InChI=1S/C23H28N6O4S2/c30-18-29(31)20(4-1-6-22-24-9-3-10-25-22)17-35(32,33)28-13-11-27(12-14-28)23-8-7-19(16-26-23)21-5-2-15-34-21/h2-3,5,7-10,15-16,18,20,31H,1,4,6,11-14,17H2. The van der Waals surface area contributed by atoms with Crippen LogP contribution in [-0.4, -0.2) is 82.3 Å². The lowest BCUT2D eigenvalue weighted by atomic mass is 10.1. The first-order valence-electron chi connectivity index (χ1n) is 11.4. The number of hydrogen-bond donors (Lipinski definition) is 1. The van der Waals surface area contributed by atoms with Gasteiger partial charge in [-0.25, -0.2) is 28.4 Å². The molecule has 1 amide bonds. The summed E-state index contributed by atoms with van der Waals surface area (Å²) >= 11 is 1.66. The second-order valence-corrected chi connectivity index (χ2v) is 11.2. The number of carbonyl (C=O) groups is 1. The summed E-state index contributed by atoms with van der Waals surface area (Å²) in [6.45, 7) is 1.65. The van der Waals surface area contributed by atoms with Gasteiger partial charge in [0.05, 0.1) is 11.8 Å². The van der Waals surface area contributed by atoms with Crippen molar-refractivity contribution in [1.82, 2.24) is 24.3 Å². The number of carbonyl (C=O) groups excluding carboxylic acids is 1. The third kappa shape index (κ3) is 6.60. The highest BCUT2D eigenvalue weighted by atomic mass is 32.2. The first kappa shape index (κ1) is 25.2. The first-order chi connectivity index (χ1) is 17.0. The van der Waals surface area contributed by atoms with Crippen LogP contribution in [0.2, 0.25) is 0 Å². The summed E-state index contributed by atoms with van der Waals surface area (Å²) in [6, 6.07) is 8.91. The second kappa shape index (κ2) is 11.7. The zero-order valence-electron chi connectivity index (χ0n) is 19.2. The highest BCUT2D eigenvalue weighted by Gasteiger charge is 2.31. The van der Waals surface area contributed by atoms with Crippen molar-refractivity contribution in [3.63, 3.8) is 0 Å². The van der Waals surface area contributed by atoms with Crippen LogP contribution >= 0.6 is 11.3 Å². The number of hydrogen-bond acceptors (Lipinski definition) is 9. The summed E-state index contributed by atoms with van der Waals surface area (Å²) in [5.41, 5.74) is 1.05. The number of piperazine rings is 1. The van der Waals surface area contributed by atoms with Gasteiger partial charge in [-0.1, -0.05) is 6.07 Å². The molecule has 1 fully saturated rings. The molecule has 0 bridgehead atoms. The minimum absolute atomic E-state index is 0.253. The van der Waals surface area contributed by atoms with Gasteiger partial charge in [-0.2, -0.15) is 4.31 Å². The molecular formula is C23H28N6O4S2. The van der Waals surface area contributed by atoms with Crippen molar-refractivity contribution in [2.75, 3.05) is 36.8 Å². The molecule has 0 aromatic carbocycles. The van der Waals surface area contributed by atoms with Gasteiger partial charge < -0.3 is 4.90 Å². The molecule has 4 rings (SSSR count). The molecule has 0 aliphatic carbocycles. The van der Waals surface area contributed by atoms with Gasteiger partial charge in [-0.15, -0.1) is 11.3 Å². The van der Waals surface area contributed by atoms with E-state index in [1.807, 2.05) is 35.8 Å². The number of sulfonamides is 1. The Morgan fingerprint density at radius 3 is 2.49 bits per heavy atom. The fraction of sp³-hybridized carbons (Fsp3) is 0.391. The van der Waals surface area contributed by atoms with Crippen LogP contribution in [0.25, 0.3) is 10.4 Å². The predicted octanol–water partition coefficient (Wildman–Crippen LogP) is 2.29. The third-order valence-electron chi connectivity index (χ3n) is 5.95. The van der Waals surface area contributed by atoms with Gasteiger partial charge in [0.2, 0.25) is 16.4 Å². The molecule has 1 N–H and O–H groups in total. The highest BCUT2D eigenvalue weighted by molar-refractivity contribution is 7.89. The summed E-state index contributed by atoms with van der Waals surface area (Å²) in [5, 5.41) is 12.5. The minimum atomic E-state index is -3.68. The molecule has 1 aliphatic rings. The van der Waals surface area contributed by atoms with Crippen LogP contribution in [0.3, 0.4) is 0 Å². The SMILES string of the molecule is O=CN(O)C(CCCc1ncccn1)CS(=O)(=O)N1CCN(c2ccc(-c3cccs3)cn2)CC1. The molecule has 3 aromatic rings. The van der Waals surface area contributed by atoms with Gasteiger partial charge in [-0.05, 0) is 42.5 Å². The van der Waals surface area contributed by atoms with Crippen molar-refractivity contribution in [2.24, 2.45) is 0 Å². The number of anilines is 1. The molecule has 12 heteroatoms. The Hall–Kier alpha value is -2.93. The molecule has 35 heavy (non-hydrogen) atoms. The number of aromatic nitrogens is 3. The van der Waals surface area contributed by atoms with Crippen LogP contribution in [0.15, 0.2) is 54.3 Å². The molecule has 0 saturated carbocycles. The fourth-order valence-corrected chi connectivity index (χ4v) is 6.49. The van der Waals surface area contributed by atoms with Crippen LogP contribution in [0.1, 0.15) is 18.7 Å². The molecular weight excluding hydrogens is 488 g/mol. The van der Waals surface area contributed by atoms with Crippen LogP contribution < -0.4 is 4.90 Å². The van der Waals surface area contributed by atoms with E-state index in [9.17, 15) is 18.4 Å². The van der Waals surface area contributed by atoms with Crippen molar-refractivity contribution in [2.45, 2.75) is 25.3 Å². The second-order valence-electron chi connectivity index (χ2n) is 8.24. The lowest BCUT2D eigenvalue weighted by Crippen LogP contribution is -2.51. The minimum Gasteiger partial charge on any atom is -0.354 e. The molecule has 1 atom stereocenters. The molecule has 3 aromatic heterocycles. The number of nitrogens with zero attached hydrogens (tertiary/aromatic N) is 6. The highest BCUT2D eigenvalue weighted by Crippen LogP contribution is 2.26. The Bertz CT molecular complexity index is 1170. The van der Waals surface area contributed by atoms with Gasteiger partial charge in [-0.3, -0.25) is 10.0 Å². The number of thiophene rings is 1. The Morgan fingerprint density at radius 1 is 1.09 bits per heavy atom. The monoisotopic (exact) mass is 516 g/mol. The maximum atomic E-state index is 13.1. The molecule has 10 nitrogen and oxygen atoms in total. The summed E-state index contributed by atoms with van der Waals surface area (Å²) in [5.74, 6) is 1.11. The lowest BCUT2D eigenvalue weighted by molar-refractivity contribution is -0.158. The number of amides is 1. The third-order valence-corrected chi connectivity index (χ3v) is 8.83. The van der Waals surface area contributed by atoms with Crippen molar-refractivity contribution in [3.8, 4) is 10.4 Å². The summed E-state index contributed by atoms with van der Waals surface area (Å²) in [7, 11) is -3.68. The Labute approximate surface area is 208 Å². The number of hydroxylamine groups is 2. The quantitative estimate of drug-likeness (QED) is 0.234. The molecule has 0 spiro atoms. The van der Waals surface area contributed by atoms with Crippen LogP contribution in [0.5, 0.6) is 0 Å². The average molecular weight is 517 g/mol. The van der Waals surface area contributed by atoms with Crippen LogP contribution in [-0.2, 0) is 21.2 Å². The van der Waals surface area contributed by atoms with Crippen LogP contribution in [0, 0.1) is 0 Å². The summed E-state index contributed by atoms with van der Waals surface area (Å²) in [4.78, 5) is 27.2. The molecule has 1 unspecified atom stereocenters. The zero-order chi connectivity index (χ0) is 24.7. The number of aryl methyl sites for hydroxylation is 1. The largest absolute Gasteiger partial charge is 0.354 e. The van der Waals surface area contributed by atoms with Gasteiger partial charge in [0, 0.05) is 61.6 Å². The Balaban J connectivity index is 1.31. The average Bonchev–Trinajstić information content (AvgIpc) is 3.43. The maximum Gasteiger partial charge on any atom is 0.233 e. The van der Waals surface area contributed by atoms with E-state index < -0.39 is 16.1 Å². The van der Waals surface area contributed by atoms with Crippen molar-refractivity contribution in [3.05, 3.63) is 60.1 Å². The normalized spacial score (nSPS) is 15.6. The molecule has 4 heterocycles. The Kier molecular flexibility index (Phi) is 8.39. The molecule has 186 valence electrons. The lowest BCUT2D eigenvalue weighted by Gasteiger charge is -2.35. The van der Waals surface area contributed by atoms with Crippen molar-refractivity contribution in [1.29, 1.82) is 0 Å². The van der Waals surface area contributed by atoms with Gasteiger partial charge >= 0.3 is 0 Å². The van der Waals surface area contributed by atoms with Crippen molar-refractivity contribution < 1.29 is 18.4 Å². The Morgan fingerprint density at radius 2 is 1.86 bits per heavy atom. The fourth-order valence-electron chi connectivity index (χ4n) is 4.04. The van der Waals surface area contributed by atoms with Gasteiger partial charge in [0.15, 0.2) is 0 Å². The molecule has 1 saturated heterocycles. The topological polar surface area (TPSA) is 120 Å². The van der Waals surface area contributed by atoms with Crippen LogP contribution in [0.4, 0.5) is 5.82 Å². The van der Waals surface area contributed by atoms with E-state index in [0.29, 0.717) is 56.3 Å². The van der Waals surface area contributed by atoms with E-state index >= 15 is 0 Å². The van der Waals surface area contributed by atoms with Crippen molar-refractivity contribution >= 4 is 33.6 Å².